The summed E-state index contributed by atoms with van der Waals surface area (Å²) in [6.07, 6.45) is 3.97. The molecule has 2 aromatic heterocycles. The van der Waals surface area contributed by atoms with Gasteiger partial charge in [-0.3, -0.25) is 9.20 Å². The van der Waals surface area contributed by atoms with Gasteiger partial charge in [-0.25, -0.2) is 4.98 Å². The SMILES string of the molecule is Cc1nnc2c(NC3CNC(=O)C3)nccn12. The first-order chi connectivity index (χ1) is 8.24. The fourth-order valence-corrected chi connectivity index (χ4v) is 1.94. The highest BCUT2D eigenvalue weighted by molar-refractivity contribution is 5.80. The van der Waals surface area contributed by atoms with Crippen molar-refractivity contribution < 1.29 is 4.79 Å². The molecule has 0 aliphatic carbocycles. The monoisotopic (exact) mass is 232 g/mol. The number of hydrogen-bond donors (Lipinski definition) is 2. The number of nitrogens with zero attached hydrogens (tertiary/aromatic N) is 4. The number of nitrogens with one attached hydrogen (secondary N) is 2. The molecule has 0 radical (unpaired) electrons. The van der Waals surface area contributed by atoms with E-state index in [-0.39, 0.29) is 11.9 Å². The van der Waals surface area contributed by atoms with Gasteiger partial charge in [-0.1, -0.05) is 0 Å². The van der Waals surface area contributed by atoms with E-state index < -0.39 is 0 Å². The fourth-order valence-electron chi connectivity index (χ4n) is 1.94. The molecule has 2 aromatic rings. The zero-order valence-electron chi connectivity index (χ0n) is 9.34. The van der Waals surface area contributed by atoms with Gasteiger partial charge in [0.05, 0.1) is 6.04 Å². The van der Waals surface area contributed by atoms with Gasteiger partial charge in [-0.2, -0.15) is 0 Å². The maximum Gasteiger partial charge on any atom is 0.222 e. The summed E-state index contributed by atoms with van der Waals surface area (Å²) in [6, 6.07) is 0.0678. The van der Waals surface area contributed by atoms with Crippen LogP contribution in [0.4, 0.5) is 5.82 Å². The third kappa shape index (κ3) is 1.69. The molecule has 2 N–H and O–H groups in total. The lowest BCUT2D eigenvalue weighted by Crippen LogP contribution is -2.23. The van der Waals surface area contributed by atoms with Gasteiger partial charge in [0.1, 0.15) is 5.82 Å². The molecule has 1 aliphatic heterocycles. The van der Waals surface area contributed by atoms with Gasteiger partial charge in [0.25, 0.3) is 0 Å². The van der Waals surface area contributed by atoms with Crippen LogP contribution in [0.3, 0.4) is 0 Å². The first-order valence-corrected chi connectivity index (χ1v) is 5.43. The molecule has 88 valence electrons. The van der Waals surface area contributed by atoms with Gasteiger partial charge in [0.15, 0.2) is 5.82 Å². The molecule has 3 heterocycles. The molecule has 1 aliphatic rings. The summed E-state index contributed by atoms with van der Waals surface area (Å²) in [7, 11) is 0. The summed E-state index contributed by atoms with van der Waals surface area (Å²) >= 11 is 0. The molecule has 17 heavy (non-hydrogen) atoms. The second kappa shape index (κ2) is 3.69. The van der Waals surface area contributed by atoms with Crippen LogP contribution in [0.2, 0.25) is 0 Å². The Morgan fingerprint density at radius 3 is 3.18 bits per heavy atom. The van der Waals surface area contributed by atoms with Crippen LogP contribution in [0.1, 0.15) is 12.2 Å². The minimum atomic E-state index is 0.0621. The zero-order chi connectivity index (χ0) is 11.8. The van der Waals surface area contributed by atoms with E-state index in [0.29, 0.717) is 24.4 Å². The average Bonchev–Trinajstić information content (AvgIpc) is 2.88. The quantitative estimate of drug-likeness (QED) is 0.744. The Bertz CT molecular complexity index is 577. The molecule has 0 bridgehead atoms. The van der Waals surface area contributed by atoms with Crippen molar-refractivity contribution >= 4 is 17.4 Å². The van der Waals surface area contributed by atoms with Crippen molar-refractivity contribution in [3.63, 3.8) is 0 Å². The lowest BCUT2D eigenvalue weighted by molar-refractivity contribution is -0.119. The molecule has 3 rings (SSSR count). The molecule has 0 aromatic carbocycles. The van der Waals surface area contributed by atoms with E-state index in [9.17, 15) is 4.79 Å². The molecular formula is C10H12N6O. The van der Waals surface area contributed by atoms with Crippen molar-refractivity contribution in [3.05, 3.63) is 18.2 Å². The van der Waals surface area contributed by atoms with E-state index >= 15 is 0 Å². The molecule has 1 atom stereocenters. The van der Waals surface area contributed by atoms with E-state index in [1.165, 1.54) is 0 Å². The van der Waals surface area contributed by atoms with E-state index in [4.69, 9.17) is 0 Å². The molecular weight excluding hydrogens is 220 g/mol. The van der Waals surface area contributed by atoms with Crippen LogP contribution >= 0.6 is 0 Å². The molecule has 7 nitrogen and oxygen atoms in total. The first-order valence-electron chi connectivity index (χ1n) is 5.43. The van der Waals surface area contributed by atoms with Crippen molar-refractivity contribution in [1.82, 2.24) is 24.9 Å². The second-order valence-electron chi connectivity index (χ2n) is 4.07. The number of carbonyl (C=O) groups excluding carboxylic acids is 1. The zero-order valence-corrected chi connectivity index (χ0v) is 9.34. The Morgan fingerprint density at radius 1 is 1.53 bits per heavy atom. The highest BCUT2D eigenvalue weighted by Crippen LogP contribution is 2.15. The third-order valence-corrected chi connectivity index (χ3v) is 2.82. The summed E-state index contributed by atoms with van der Waals surface area (Å²) in [6.45, 7) is 2.50. The Labute approximate surface area is 97.3 Å². The Kier molecular flexibility index (Phi) is 2.17. The molecule has 1 unspecified atom stereocenters. The average molecular weight is 232 g/mol. The van der Waals surface area contributed by atoms with Crippen molar-refractivity contribution in [2.24, 2.45) is 0 Å². The van der Waals surface area contributed by atoms with E-state index in [1.54, 1.807) is 6.20 Å². The number of rotatable bonds is 2. The van der Waals surface area contributed by atoms with Crippen molar-refractivity contribution in [3.8, 4) is 0 Å². The van der Waals surface area contributed by atoms with Gasteiger partial charge in [-0.15, -0.1) is 10.2 Å². The summed E-state index contributed by atoms with van der Waals surface area (Å²) in [5, 5.41) is 14.0. The summed E-state index contributed by atoms with van der Waals surface area (Å²) in [5.41, 5.74) is 0.685. The van der Waals surface area contributed by atoms with E-state index in [1.807, 2.05) is 17.5 Å². The highest BCUT2D eigenvalue weighted by atomic mass is 16.1. The van der Waals surface area contributed by atoms with Crippen LogP contribution in [0.25, 0.3) is 5.65 Å². The number of carbonyl (C=O) groups is 1. The number of hydrogen-bond acceptors (Lipinski definition) is 5. The predicted molar refractivity (Wildman–Crippen MR) is 60.6 cm³/mol. The smallest absolute Gasteiger partial charge is 0.222 e. The van der Waals surface area contributed by atoms with E-state index in [0.717, 1.165) is 5.82 Å². The number of amides is 1. The van der Waals surface area contributed by atoms with Crippen LogP contribution in [0, 0.1) is 6.92 Å². The van der Waals surface area contributed by atoms with E-state index in [2.05, 4.69) is 25.8 Å². The van der Waals surface area contributed by atoms with Gasteiger partial charge >= 0.3 is 0 Å². The van der Waals surface area contributed by atoms with Crippen molar-refractivity contribution in [2.45, 2.75) is 19.4 Å². The maximum atomic E-state index is 11.1. The van der Waals surface area contributed by atoms with Gasteiger partial charge < -0.3 is 10.6 Å². The Morgan fingerprint density at radius 2 is 2.41 bits per heavy atom. The Balaban J connectivity index is 1.92. The summed E-state index contributed by atoms with van der Waals surface area (Å²) in [4.78, 5) is 15.3. The number of anilines is 1. The van der Waals surface area contributed by atoms with Crippen LogP contribution in [0.15, 0.2) is 12.4 Å². The molecule has 1 fully saturated rings. The third-order valence-electron chi connectivity index (χ3n) is 2.82. The lowest BCUT2D eigenvalue weighted by Gasteiger charge is -2.11. The topological polar surface area (TPSA) is 84.2 Å². The fraction of sp³-hybridized carbons (Fsp3) is 0.400. The number of fused-ring (bicyclic) bond motifs is 1. The Hall–Kier alpha value is -2.18. The molecule has 0 saturated carbocycles. The molecule has 1 amide bonds. The van der Waals surface area contributed by atoms with Gasteiger partial charge in [0, 0.05) is 25.4 Å². The second-order valence-corrected chi connectivity index (χ2v) is 4.07. The maximum absolute atomic E-state index is 11.1. The number of aromatic nitrogens is 4. The minimum Gasteiger partial charge on any atom is -0.362 e. The lowest BCUT2D eigenvalue weighted by atomic mass is 10.2. The largest absolute Gasteiger partial charge is 0.362 e. The van der Waals surface area contributed by atoms with Crippen molar-refractivity contribution in [1.29, 1.82) is 0 Å². The van der Waals surface area contributed by atoms with Gasteiger partial charge in [-0.05, 0) is 6.92 Å². The number of aryl methyl sites for hydroxylation is 1. The standard InChI is InChI=1S/C10H12N6O/c1-6-14-15-10-9(11-2-3-16(6)10)13-7-4-8(17)12-5-7/h2-3,7H,4-5H2,1H3,(H,11,13)(H,12,17). The molecule has 1 saturated heterocycles. The van der Waals surface area contributed by atoms with Crippen LogP contribution in [0.5, 0.6) is 0 Å². The predicted octanol–water partition coefficient (Wildman–Crippen LogP) is -0.267. The van der Waals surface area contributed by atoms with Gasteiger partial charge in [0.2, 0.25) is 11.6 Å². The highest BCUT2D eigenvalue weighted by Gasteiger charge is 2.22. The minimum absolute atomic E-state index is 0.0621. The summed E-state index contributed by atoms with van der Waals surface area (Å²) in [5.74, 6) is 1.53. The van der Waals surface area contributed by atoms with Crippen LogP contribution in [-0.4, -0.2) is 38.1 Å². The van der Waals surface area contributed by atoms with Crippen LogP contribution < -0.4 is 10.6 Å². The molecule has 7 heteroatoms. The molecule has 0 spiro atoms. The summed E-state index contributed by atoms with van der Waals surface area (Å²) < 4.78 is 1.86. The van der Waals surface area contributed by atoms with Crippen LogP contribution in [-0.2, 0) is 4.79 Å². The normalized spacial score (nSPS) is 19.6. The first kappa shape index (κ1) is 10.0. The van der Waals surface area contributed by atoms with Crippen molar-refractivity contribution in [2.75, 3.05) is 11.9 Å².